The second kappa shape index (κ2) is 67.1. The molecule has 1 aliphatic rings. The van der Waals surface area contributed by atoms with Crippen LogP contribution in [0.4, 0.5) is 0 Å². The van der Waals surface area contributed by atoms with Crippen molar-refractivity contribution in [3.63, 3.8) is 0 Å². The molecule has 8 unspecified atom stereocenters. The molecule has 1 rings (SSSR count). The lowest BCUT2D eigenvalue weighted by molar-refractivity contribution is -0.305. The largest absolute Gasteiger partial charge is 0.454 e. The topological polar surface area (TPSA) is 175 Å². The summed E-state index contributed by atoms with van der Waals surface area (Å²) in [7, 11) is 0. The first-order valence-corrected chi connectivity index (χ1v) is 38.7. The van der Waals surface area contributed by atoms with Crippen molar-refractivity contribution in [3.8, 4) is 0 Å². The number of allylic oxidation sites excluding steroid dienone is 11. The van der Waals surface area contributed by atoms with Gasteiger partial charge in [-0.2, -0.15) is 0 Å². The number of aliphatic hydroxyl groups is 5. The number of hydrogen-bond acceptors (Lipinski definition) is 10. The lowest BCUT2D eigenvalue weighted by Crippen LogP contribution is -2.61. The standard InChI is InChI=1S/C80H145NO10/c1-4-7-10-13-16-19-22-24-26-28-30-32-34-36-38-39-41-43-45-47-49-52-55-58-61-64-67-73(84)79(88)81-71(72(83)66-63-60-57-54-51-21-18-15-12-9-6-3)70-89-80-78(77(87)76(86)74(69-82)90-80)91-75(85)68-65-62-59-56-53-50-48-46-44-42-40-37-35-33-31-29-27-25-23-20-17-14-11-8-5-2/h17,20,24-27,31,33,37,40,63,66,71-74,76-78,80,82-84,86-87H,4-16,18-19,21-23,28-30,32,34-36,38-39,41-62,64-65,67-70H2,1-3H3,(H,81,88)/b20-17-,26-24+,27-25-,33-31-,40-37-,66-63+. The molecule has 0 saturated carbocycles. The normalized spacial score (nSPS) is 18.4. The second-order valence-electron chi connectivity index (χ2n) is 26.7. The van der Waals surface area contributed by atoms with Gasteiger partial charge in [0, 0.05) is 6.42 Å². The third-order valence-electron chi connectivity index (χ3n) is 18.1. The minimum Gasteiger partial charge on any atom is -0.454 e. The summed E-state index contributed by atoms with van der Waals surface area (Å²) in [5, 5.41) is 57.3. The van der Waals surface area contributed by atoms with E-state index in [1.807, 2.05) is 6.08 Å². The minimum absolute atomic E-state index is 0.116. The Labute approximate surface area is 560 Å². The van der Waals surface area contributed by atoms with Crippen LogP contribution in [0.3, 0.4) is 0 Å². The highest BCUT2D eigenvalue weighted by molar-refractivity contribution is 5.80. The van der Waals surface area contributed by atoms with Crippen LogP contribution < -0.4 is 5.32 Å². The van der Waals surface area contributed by atoms with Crippen LogP contribution in [0.1, 0.15) is 361 Å². The summed E-state index contributed by atoms with van der Waals surface area (Å²) in [5.74, 6) is -1.19. The molecule has 11 heteroatoms. The van der Waals surface area contributed by atoms with Crippen LogP contribution in [0.25, 0.3) is 0 Å². The summed E-state index contributed by atoms with van der Waals surface area (Å²) in [6.07, 6.45) is 78.1. The number of unbranched alkanes of at least 4 members (excludes halogenated alkanes) is 43. The molecule has 0 aromatic carbocycles. The van der Waals surface area contributed by atoms with E-state index < -0.39 is 67.4 Å². The molecule has 0 aromatic rings. The van der Waals surface area contributed by atoms with E-state index in [0.717, 1.165) is 89.9 Å². The first-order chi connectivity index (χ1) is 44.7. The molecular formula is C80H145NO10. The Balaban J connectivity index is 2.50. The van der Waals surface area contributed by atoms with Crippen molar-refractivity contribution < 1.29 is 49.3 Å². The fourth-order valence-corrected chi connectivity index (χ4v) is 12.0. The molecule has 0 aromatic heterocycles. The Morgan fingerprint density at radius 3 is 1.16 bits per heavy atom. The molecule has 91 heavy (non-hydrogen) atoms. The Bertz CT molecular complexity index is 1760. The lowest BCUT2D eigenvalue weighted by Gasteiger charge is -2.41. The maximum Gasteiger partial charge on any atom is 0.306 e. The van der Waals surface area contributed by atoms with Crippen molar-refractivity contribution in [2.45, 2.75) is 410 Å². The van der Waals surface area contributed by atoms with Crippen LogP contribution in [0.2, 0.25) is 0 Å². The Morgan fingerprint density at radius 2 is 0.758 bits per heavy atom. The molecule has 0 spiro atoms. The number of aliphatic hydroxyl groups excluding tert-OH is 5. The average molecular weight is 1280 g/mol. The van der Waals surface area contributed by atoms with Crippen molar-refractivity contribution in [2.75, 3.05) is 13.2 Å². The van der Waals surface area contributed by atoms with Crippen LogP contribution in [-0.2, 0) is 23.8 Å². The number of carbonyl (C=O) groups excluding carboxylic acids is 2. The molecule has 530 valence electrons. The van der Waals surface area contributed by atoms with E-state index in [1.54, 1.807) is 6.08 Å². The van der Waals surface area contributed by atoms with Gasteiger partial charge in [0.25, 0.3) is 0 Å². The van der Waals surface area contributed by atoms with E-state index in [4.69, 9.17) is 14.2 Å². The maximum absolute atomic E-state index is 13.5. The van der Waals surface area contributed by atoms with Gasteiger partial charge >= 0.3 is 5.97 Å². The van der Waals surface area contributed by atoms with E-state index in [2.05, 4.69) is 86.8 Å². The van der Waals surface area contributed by atoms with Gasteiger partial charge in [-0.1, -0.05) is 331 Å². The molecular weight excluding hydrogens is 1130 g/mol. The highest BCUT2D eigenvalue weighted by atomic mass is 16.7. The lowest BCUT2D eigenvalue weighted by atomic mass is 9.99. The molecule has 6 N–H and O–H groups in total. The monoisotopic (exact) mass is 1280 g/mol. The first kappa shape index (κ1) is 86.1. The molecule has 0 radical (unpaired) electrons. The molecule has 11 nitrogen and oxygen atoms in total. The maximum atomic E-state index is 13.5. The van der Waals surface area contributed by atoms with Crippen molar-refractivity contribution in [1.29, 1.82) is 0 Å². The molecule has 0 aliphatic carbocycles. The number of hydrogen-bond donors (Lipinski definition) is 6. The number of ether oxygens (including phenoxy) is 3. The van der Waals surface area contributed by atoms with Crippen LogP contribution in [0.15, 0.2) is 72.9 Å². The zero-order chi connectivity index (χ0) is 66.0. The third-order valence-corrected chi connectivity index (χ3v) is 18.1. The third kappa shape index (κ3) is 54.0. The number of amides is 1. The average Bonchev–Trinajstić information content (AvgIpc) is 1.13. The van der Waals surface area contributed by atoms with E-state index in [0.29, 0.717) is 19.3 Å². The van der Waals surface area contributed by atoms with Crippen LogP contribution >= 0.6 is 0 Å². The summed E-state index contributed by atoms with van der Waals surface area (Å²) in [6, 6.07) is -1.03. The van der Waals surface area contributed by atoms with E-state index in [1.165, 1.54) is 225 Å². The van der Waals surface area contributed by atoms with Crippen molar-refractivity contribution >= 4 is 11.9 Å². The quantitative estimate of drug-likeness (QED) is 0.0195. The van der Waals surface area contributed by atoms with Gasteiger partial charge in [-0.05, 0) is 96.3 Å². The van der Waals surface area contributed by atoms with Crippen molar-refractivity contribution in [3.05, 3.63) is 72.9 Å². The Hall–Kier alpha value is -2.90. The minimum atomic E-state index is -1.62. The highest BCUT2D eigenvalue weighted by Gasteiger charge is 2.47. The molecule has 1 fully saturated rings. The Kier molecular flexibility index (Phi) is 63.5. The Morgan fingerprint density at radius 1 is 0.429 bits per heavy atom. The molecule has 8 atom stereocenters. The number of rotatable bonds is 67. The van der Waals surface area contributed by atoms with Crippen LogP contribution in [0, 0.1) is 0 Å². The van der Waals surface area contributed by atoms with Gasteiger partial charge in [-0.3, -0.25) is 9.59 Å². The van der Waals surface area contributed by atoms with Gasteiger partial charge in [-0.25, -0.2) is 0 Å². The zero-order valence-electron chi connectivity index (χ0n) is 59.2. The first-order valence-electron chi connectivity index (χ1n) is 38.7. The second-order valence-corrected chi connectivity index (χ2v) is 26.7. The SMILES string of the molecule is CCCCC/C=C\C/C=C\C/C=C\C/C=C\CCCCCCCCCCCC(=O)OC1C(OCC(NC(=O)C(O)CCCCCCCCCCCCCCCCCC/C=C/CCCCCCCC)C(O)/C=C/CCCCCCCCCCC)OC(CO)C(O)C1O. The molecule has 1 aliphatic heterocycles. The summed E-state index contributed by atoms with van der Waals surface area (Å²) >= 11 is 0. The highest BCUT2D eigenvalue weighted by Crippen LogP contribution is 2.27. The van der Waals surface area contributed by atoms with E-state index in [-0.39, 0.29) is 13.0 Å². The molecule has 1 amide bonds. The summed E-state index contributed by atoms with van der Waals surface area (Å²) < 4.78 is 17.7. The predicted molar refractivity (Wildman–Crippen MR) is 384 cm³/mol. The summed E-state index contributed by atoms with van der Waals surface area (Å²) in [5.41, 5.74) is 0. The van der Waals surface area contributed by atoms with E-state index >= 15 is 0 Å². The van der Waals surface area contributed by atoms with Gasteiger partial charge in [0.15, 0.2) is 12.4 Å². The van der Waals surface area contributed by atoms with Crippen LogP contribution in [0.5, 0.6) is 0 Å². The number of esters is 1. The van der Waals surface area contributed by atoms with Gasteiger partial charge < -0.3 is 45.1 Å². The summed E-state index contributed by atoms with van der Waals surface area (Å²) in [4.78, 5) is 26.7. The van der Waals surface area contributed by atoms with Gasteiger partial charge in [0.2, 0.25) is 5.91 Å². The van der Waals surface area contributed by atoms with Crippen molar-refractivity contribution in [2.24, 2.45) is 0 Å². The van der Waals surface area contributed by atoms with Crippen molar-refractivity contribution in [1.82, 2.24) is 5.32 Å². The number of carbonyl (C=O) groups is 2. The summed E-state index contributed by atoms with van der Waals surface area (Å²) in [6.45, 7) is 5.80. The van der Waals surface area contributed by atoms with Gasteiger partial charge in [-0.15, -0.1) is 0 Å². The van der Waals surface area contributed by atoms with Gasteiger partial charge in [0.05, 0.1) is 25.4 Å². The zero-order valence-corrected chi connectivity index (χ0v) is 59.2. The van der Waals surface area contributed by atoms with Crippen LogP contribution in [-0.4, -0.2) is 99.6 Å². The fourth-order valence-electron chi connectivity index (χ4n) is 12.0. The van der Waals surface area contributed by atoms with Gasteiger partial charge in [0.1, 0.15) is 24.4 Å². The molecule has 0 bridgehead atoms. The predicted octanol–water partition coefficient (Wildman–Crippen LogP) is 20.6. The fraction of sp³-hybridized carbons (Fsp3) is 0.825. The molecule has 1 heterocycles. The van der Waals surface area contributed by atoms with E-state index in [9.17, 15) is 35.1 Å². The molecule has 1 saturated heterocycles. The number of nitrogens with one attached hydrogen (secondary N) is 1. The smallest absolute Gasteiger partial charge is 0.306 e.